The molecule has 1 aromatic carbocycles. The zero-order chi connectivity index (χ0) is 18.0. The Morgan fingerprint density at radius 3 is 2.32 bits per heavy atom. The standard InChI is InChI=1S/C16H14F4N4O/c17-12-8-21-13(12)5-9-1-3-11(4-2-9)24-14(25)10-6-22-15(23-7-10)16(18,19)20/h1-4,6-7,12-13,21H,5,8H2,(H,24,25)/t12-,13-/m1/s1. The number of nitrogens with zero attached hydrogens (tertiary/aromatic N) is 2. The van der Waals surface area contributed by atoms with E-state index in [9.17, 15) is 22.4 Å². The van der Waals surface area contributed by atoms with Crippen LogP contribution in [0.25, 0.3) is 0 Å². The van der Waals surface area contributed by atoms with Crippen LogP contribution < -0.4 is 10.6 Å². The zero-order valence-electron chi connectivity index (χ0n) is 12.8. The van der Waals surface area contributed by atoms with Crippen molar-refractivity contribution in [3.05, 3.63) is 53.6 Å². The quantitative estimate of drug-likeness (QED) is 0.829. The molecule has 2 heterocycles. The minimum Gasteiger partial charge on any atom is -0.322 e. The van der Waals surface area contributed by atoms with E-state index in [4.69, 9.17) is 0 Å². The van der Waals surface area contributed by atoms with Gasteiger partial charge >= 0.3 is 6.18 Å². The fraction of sp³-hybridized carbons (Fsp3) is 0.312. The molecule has 2 aromatic rings. The van der Waals surface area contributed by atoms with Gasteiger partial charge in [0.1, 0.15) is 6.17 Å². The molecule has 5 nitrogen and oxygen atoms in total. The Labute approximate surface area is 140 Å². The van der Waals surface area contributed by atoms with Gasteiger partial charge in [0, 0.05) is 30.7 Å². The number of aromatic nitrogens is 2. The van der Waals surface area contributed by atoms with Crippen molar-refractivity contribution < 1.29 is 22.4 Å². The average Bonchev–Trinajstić information content (AvgIpc) is 2.59. The van der Waals surface area contributed by atoms with E-state index in [1.165, 1.54) is 0 Å². The summed E-state index contributed by atoms with van der Waals surface area (Å²) >= 11 is 0. The van der Waals surface area contributed by atoms with Gasteiger partial charge in [-0.25, -0.2) is 14.4 Å². The van der Waals surface area contributed by atoms with E-state index in [0.29, 0.717) is 18.7 Å². The van der Waals surface area contributed by atoms with E-state index < -0.39 is 24.1 Å². The van der Waals surface area contributed by atoms with Crippen molar-refractivity contribution in [3.8, 4) is 0 Å². The van der Waals surface area contributed by atoms with Crippen molar-refractivity contribution in [2.24, 2.45) is 0 Å². The second-order valence-corrected chi connectivity index (χ2v) is 5.68. The number of amides is 1. The van der Waals surface area contributed by atoms with E-state index in [1.54, 1.807) is 24.3 Å². The summed E-state index contributed by atoms with van der Waals surface area (Å²) < 4.78 is 50.4. The number of anilines is 1. The van der Waals surface area contributed by atoms with Crippen LogP contribution in [0.15, 0.2) is 36.7 Å². The third-order valence-corrected chi connectivity index (χ3v) is 3.85. The summed E-state index contributed by atoms with van der Waals surface area (Å²) in [7, 11) is 0. The van der Waals surface area contributed by atoms with Crippen molar-refractivity contribution in [1.82, 2.24) is 15.3 Å². The molecule has 1 fully saturated rings. The average molecular weight is 354 g/mol. The maximum atomic E-state index is 13.2. The van der Waals surface area contributed by atoms with Gasteiger partial charge in [-0.2, -0.15) is 13.2 Å². The molecule has 0 unspecified atom stereocenters. The Morgan fingerprint density at radius 2 is 1.84 bits per heavy atom. The summed E-state index contributed by atoms with van der Waals surface area (Å²) in [5, 5.41) is 5.53. The lowest BCUT2D eigenvalue weighted by Gasteiger charge is -2.32. The van der Waals surface area contributed by atoms with Gasteiger partial charge < -0.3 is 10.6 Å². The normalized spacial score (nSPS) is 20.0. The smallest absolute Gasteiger partial charge is 0.322 e. The van der Waals surface area contributed by atoms with Gasteiger partial charge in [0.05, 0.1) is 5.56 Å². The molecule has 1 saturated heterocycles. The van der Waals surface area contributed by atoms with E-state index in [2.05, 4.69) is 20.6 Å². The van der Waals surface area contributed by atoms with Crippen molar-refractivity contribution in [3.63, 3.8) is 0 Å². The molecule has 3 rings (SSSR count). The lowest BCUT2D eigenvalue weighted by molar-refractivity contribution is -0.145. The number of halogens is 4. The molecule has 9 heteroatoms. The molecule has 1 aromatic heterocycles. The molecule has 1 aliphatic rings. The number of alkyl halides is 4. The maximum Gasteiger partial charge on any atom is 0.451 e. The first-order valence-corrected chi connectivity index (χ1v) is 7.50. The molecule has 25 heavy (non-hydrogen) atoms. The first-order chi connectivity index (χ1) is 11.8. The number of carbonyl (C=O) groups is 1. The lowest BCUT2D eigenvalue weighted by atomic mass is 9.96. The third kappa shape index (κ3) is 4.11. The van der Waals surface area contributed by atoms with Gasteiger partial charge in [-0.15, -0.1) is 0 Å². The topological polar surface area (TPSA) is 66.9 Å². The first kappa shape index (κ1) is 17.3. The van der Waals surface area contributed by atoms with E-state index in [-0.39, 0.29) is 11.6 Å². The molecular weight excluding hydrogens is 340 g/mol. The monoisotopic (exact) mass is 354 g/mol. The van der Waals surface area contributed by atoms with E-state index >= 15 is 0 Å². The van der Waals surface area contributed by atoms with Crippen LogP contribution in [-0.2, 0) is 12.6 Å². The van der Waals surface area contributed by atoms with Crippen molar-refractivity contribution in [2.75, 3.05) is 11.9 Å². The zero-order valence-corrected chi connectivity index (χ0v) is 12.8. The molecule has 0 aliphatic carbocycles. The molecule has 0 saturated carbocycles. The van der Waals surface area contributed by atoms with Crippen LogP contribution in [0.3, 0.4) is 0 Å². The van der Waals surface area contributed by atoms with E-state index in [0.717, 1.165) is 18.0 Å². The van der Waals surface area contributed by atoms with Crippen molar-refractivity contribution >= 4 is 11.6 Å². The number of hydrogen-bond donors (Lipinski definition) is 2. The summed E-state index contributed by atoms with van der Waals surface area (Å²) in [6.45, 7) is 0.369. The van der Waals surface area contributed by atoms with Crippen LogP contribution in [0.1, 0.15) is 21.7 Å². The second kappa shape index (κ2) is 6.75. The highest BCUT2D eigenvalue weighted by atomic mass is 19.4. The minimum absolute atomic E-state index is 0.0870. The molecule has 1 amide bonds. The highest BCUT2D eigenvalue weighted by molar-refractivity contribution is 6.03. The molecule has 0 radical (unpaired) electrons. The highest BCUT2D eigenvalue weighted by Crippen LogP contribution is 2.25. The predicted octanol–water partition coefficient (Wildman–Crippen LogP) is 2.60. The predicted molar refractivity (Wildman–Crippen MR) is 81.8 cm³/mol. The Balaban J connectivity index is 1.60. The van der Waals surface area contributed by atoms with Gasteiger partial charge in [-0.1, -0.05) is 12.1 Å². The lowest BCUT2D eigenvalue weighted by Crippen LogP contribution is -2.55. The molecular formula is C16H14F4N4O. The Morgan fingerprint density at radius 1 is 1.20 bits per heavy atom. The van der Waals surface area contributed by atoms with Crippen LogP contribution >= 0.6 is 0 Å². The molecule has 0 bridgehead atoms. The number of nitrogens with one attached hydrogen (secondary N) is 2. The van der Waals surface area contributed by atoms with Gasteiger partial charge in [0.2, 0.25) is 5.82 Å². The number of benzene rings is 1. The molecule has 132 valence electrons. The van der Waals surface area contributed by atoms with Crippen LogP contribution in [0.2, 0.25) is 0 Å². The fourth-order valence-corrected chi connectivity index (χ4v) is 2.35. The summed E-state index contributed by atoms with van der Waals surface area (Å²) in [6, 6.07) is 6.61. The second-order valence-electron chi connectivity index (χ2n) is 5.68. The first-order valence-electron chi connectivity index (χ1n) is 7.50. The third-order valence-electron chi connectivity index (χ3n) is 3.85. The largest absolute Gasteiger partial charge is 0.451 e. The van der Waals surface area contributed by atoms with Crippen LogP contribution in [0.4, 0.5) is 23.2 Å². The highest BCUT2D eigenvalue weighted by Gasteiger charge is 2.34. The Hall–Kier alpha value is -2.55. The molecule has 1 aliphatic heterocycles. The van der Waals surface area contributed by atoms with Gasteiger partial charge in [0.25, 0.3) is 5.91 Å². The fourth-order valence-electron chi connectivity index (χ4n) is 2.35. The molecule has 0 spiro atoms. The maximum absolute atomic E-state index is 13.2. The number of hydrogen-bond acceptors (Lipinski definition) is 4. The SMILES string of the molecule is O=C(Nc1ccc(C[C@H]2NC[C@H]2F)cc1)c1cnc(C(F)(F)F)nc1. The molecule has 2 atom stereocenters. The van der Waals surface area contributed by atoms with Gasteiger partial charge in [-0.3, -0.25) is 4.79 Å². The Bertz CT molecular complexity index is 746. The summed E-state index contributed by atoms with van der Waals surface area (Å²) in [4.78, 5) is 18.3. The van der Waals surface area contributed by atoms with Gasteiger partial charge in [0.15, 0.2) is 0 Å². The summed E-state index contributed by atoms with van der Waals surface area (Å²) in [5.41, 5.74) is 1.29. The van der Waals surface area contributed by atoms with Crippen molar-refractivity contribution in [2.45, 2.75) is 24.8 Å². The van der Waals surface area contributed by atoms with Crippen LogP contribution in [0.5, 0.6) is 0 Å². The van der Waals surface area contributed by atoms with E-state index in [1.807, 2.05) is 0 Å². The minimum atomic E-state index is -4.65. The Kier molecular flexibility index (Phi) is 4.67. The summed E-state index contributed by atoms with van der Waals surface area (Å²) in [6.07, 6.45) is -3.31. The molecule has 2 N–H and O–H groups in total. The van der Waals surface area contributed by atoms with Crippen LogP contribution in [-0.4, -0.2) is 34.6 Å². The van der Waals surface area contributed by atoms with Crippen molar-refractivity contribution in [1.29, 1.82) is 0 Å². The van der Waals surface area contributed by atoms with Gasteiger partial charge in [-0.05, 0) is 24.1 Å². The summed E-state index contributed by atoms with van der Waals surface area (Å²) in [5.74, 6) is -1.92. The number of carbonyl (C=O) groups excluding carboxylic acids is 1. The van der Waals surface area contributed by atoms with Crippen LogP contribution in [0, 0.1) is 0 Å². The number of rotatable bonds is 4.